The Bertz CT molecular complexity index is 594. The van der Waals surface area contributed by atoms with E-state index < -0.39 is 0 Å². The number of ether oxygens (including phenoxy) is 2. The van der Waals surface area contributed by atoms with Crippen LogP contribution in [-0.2, 0) is 4.74 Å². The van der Waals surface area contributed by atoms with E-state index in [9.17, 15) is 0 Å². The van der Waals surface area contributed by atoms with Crippen LogP contribution in [0.4, 0.5) is 0 Å². The minimum Gasteiger partial charge on any atom is -0.494 e. The summed E-state index contributed by atoms with van der Waals surface area (Å²) in [5.41, 5.74) is 0.188. The zero-order valence-corrected chi connectivity index (χ0v) is 20.5. The molecule has 1 atom stereocenters. The Balaban J connectivity index is 0.00000300. The summed E-state index contributed by atoms with van der Waals surface area (Å²) in [5, 5.41) is 6.84. The van der Waals surface area contributed by atoms with Crippen molar-refractivity contribution in [3.8, 4) is 5.75 Å². The highest BCUT2D eigenvalue weighted by atomic mass is 127. The summed E-state index contributed by atoms with van der Waals surface area (Å²) in [4.78, 5) is 7.56. The summed E-state index contributed by atoms with van der Waals surface area (Å²) in [7, 11) is 0. The molecular formula is C21H35IN4O2S. The topological polar surface area (TPSA) is 58.1 Å². The quantitative estimate of drug-likeness (QED) is 0.220. The number of thioether (sulfide) groups is 1. The van der Waals surface area contributed by atoms with Crippen molar-refractivity contribution in [1.82, 2.24) is 15.5 Å². The smallest absolute Gasteiger partial charge is 0.191 e. The molecule has 2 heterocycles. The second-order valence-electron chi connectivity index (χ2n) is 7.26. The maximum absolute atomic E-state index is 5.76. The number of hydrogen-bond donors (Lipinski definition) is 2. The van der Waals surface area contributed by atoms with Crippen LogP contribution in [0.15, 0.2) is 35.3 Å². The minimum absolute atomic E-state index is 0. The van der Waals surface area contributed by atoms with Crippen LogP contribution in [0, 0.1) is 0 Å². The fourth-order valence-corrected chi connectivity index (χ4v) is 5.13. The average Bonchev–Trinajstić information content (AvgIpc) is 3.23. The van der Waals surface area contributed by atoms with E-state index in [1.54, 1.807) is 0 Å². The van der Waals surface area contributed by atoms with Crippen LogP contribution in [0.1, 0.15) is 19.8 Å². The lowest BCUT2D eigenvalue weighted by Crippen LogP contribution is -2.56. The SMILES string of the molecule is CCNC(=NCC1(N2CCOCC2)CCSC1)NCCCOc1ccccc1.I. The fourth-order valence-electron chi connectivity index (χ4n) is 3.66. The standard InChI is InChI=1S/C21H34N4O2S.HI/c1-2-22-20(23-10-6-13-27-19-7-4-3-5-8-19)24-17-21(9-16-28-18-21)25-11-14-26-15-12-25;/h3-5,7-8H,2,6,9-18H2,1H3,(H2,22,23,24);1H. The zero-order chi connectivity index (χ0) is 19.5. The summed E-state index contributed by atoms with van der Waals surface area (Å²) < 4.78 is 11.3. The van der Waals surface area contributed by atoms with Crippen LogP contribution in [0.5, 0.6) is 5.75 Å². The second-order valence-corrected chi connectivity index (χ2v) is 8.37. The van der Waals surface area contributed by atoms with Crippen LogP contribution < -0.4 is 15.4 Å². The Morgan fingerprint density at radius 3 is 2.72 bits per heavy atom. The summed E-state index contributed by atoms with van der Waals surface area (Å²) >= 11 is 2.05. The van der Waals surface area contributed by atoms with E-state index in [0.29, 0.717) is 6.61 Å². The lowest BCUT2D eigenvalue weighted by Gasteiger charge is -2.42. The van der Waals surface area contributed by atoms with Gasteiger partial charge in [-0.2, -0.15) is 11.8 Å². The lowest BCUT2D eigenvalue weighted by atomic mass is 9.96. The van der Waals surface area contributed by atoms with Gasteiger partial charge in [-0.3, -0.25) is 9.89 Å². The van der Waals surface area contributed by atoms with E-state index in [4.69, 9.17) is 14.5 Å². The molecule has 0 saturated carbocycles. The van der Waals surface area contributed by atoms with Gasteiger partial charge in [0.1, 0.15) is 5.75 Å². The van der Waals surface area contributed by atoms with Gasteiger partial charge < -0.3 is 20.1 Å². The molecule has 2 N–H and O–H groups in total. The number of benzene rings is 1. The van der Waals surface area contributed by atoms with Gasteiger partial charge >= 0.3 is 0 Å². The number of para-hydroxylation sites is 1. The van der Waals surface area contributed by atoms with Crippen molar-refractivity contribution in [2.75, 3.05) is 64.1 Å². The van der Waals surface area contributed by atoms with Crippen LogP contribution in [0.3, 0.4) is 0 Å². The van der Waals surface area contributed by atoms with E-state index in [1.165, 1.54) is 17.9 Å². The van der Waals surface area contributed by atoms with Crippen LogP contribution in [-0.4, -0.2) is 80.4 Å². The lowest BCUT2D eigenvalue weighted by molar-refractivity contribution is -0.0104. The van der Waals surface area contributed by atoms with Crippen LogP contribution in [0.25, 0.3) is 0 Å². The highest BCUT2D eigenvalue weighted by molar-refractivity contribution is 14.0. The molecule has 2 aliphatic rings. The minimum atomic E-state index is 0. The second kappa shape index (κ2) is 13.6. The fraction of sp³-hybridized carbons (Fsp3) is 0.667. The van der Waals surface area contributed by atoms with Gasteiger partial charge in [0.15, 0.2) is 5.96 Å². The highest BCUT2D eigenvalue weighted by Crippen LogP contribution is 2.34. The normalized spacial score (nSPS) is 22.7. The average molecular weight is 535 g/mol. The first kappa shape index (κ1) is 24.6. The molecule has 0 bridgehead atoms. The predicted octanol–water partition coefficient (Wildman–Crippen LogP) is 2.84. The Morgan fingerprint density at radius 1 is 1.24 bits per heavy atom. The molecule has 0 spiro atoms. The maximum Gasteiger partial charge on any atom is 0.191 e. The number of hydrogen-bond acceptors (Lipinski definition) is 5. The number of aliphatic imine (C=N–C) groups is 1. The Kier molecular flexibility index (Phi) is 11.5. The third-order valence-electron chi connectivity index (χ3n) is 5.27. The first-order valence-corrected chi connectivity index (χ1v) is 11.6. The molecule has 0 aliphatic carbocycles. The van der Waals surface area contributed by atoms with Gasteiger partial charge in [0.2, 0.25) is 0 Å². The summed E-state index contributed by atoms with van der Waals surface area (Å²) in [5.74, 6) is 4.23. The van der Waals surface area contributed by atoms with Gasteiger partial charge in [0.25, 0.3) is 0 Å². The first-order chi connectivity index (χ1) is 13.8. The van der Waals surface area contributed by atoms with Crippen molar-refractivity contribution >= 4 is 41.7 Å². The number of guanidine groups is 1. The van der Waals surface area contributed by atoms with E-state index in [1.807, 2.05) is 30.3 Å². The third kappa shape index (κ3) is 7.80. The molecule has 2 fully saturated rings. The number of halogens is 1. The molecule has 0 aromatic heterocycles. The van der Waals surface area contributed by atoms with E-state index in [-0.39, 0.29) is 29.5 Å². The third-order valence-corrected chi connectivity index (χ3v) is 6.50. The molecule has 164 valence electrons. The molecular weight excluding hydrogens is 499 g/mol. The van der Waals surface area contributed by atoms with E-state index in [2.05, 4.69) is 34.2 Å². The van der Waals surface area contributed by atoms with Gasteiger partial charge in [-0.25, -0.2) is 0 Å². The van der Waals surface area contributed by atoms with Gasteiger partial charge in [-0.05, 0) is 37.7 Å². The Hall–Kier alpha value is -0.710. The molecule has 2 saturated heterocycles. The molecule has 2 aliphatic heterocycles. The molecule has 1 unspecified atom stereocenters. The zero-order valence-electron chi connectivity index (χ0n) is 17.4. The molecule has 29 heavy (non-hydrogen) atoms. The van der Waals surface area contributed by atoms with Crippen molar-refractivity contribution < 1.29 is 9.47 Å². The largest absolute Gasteiger partial charge is 0.494 e. The van der Waals surface area contributed by atoms with Gasteiger partial charge in [0, 0.05) is 31.9 Å². The molecule has 0 radical (unpaired) electrons. The van der Waals surface area contributed by atoms with E-state index >= 15 is 0 Å². The Morgan fingerprint density at radius 2 is 2.03 bits per heavy atom. The summed E-state index contributed by atoms with van der Waals surface area (Å²) in [6.07, 6.45) is 2.15. The Labute approximate surface area is 196 Å². The molecule has 1 aromatic rings. The number of nitrogens with one attached hydrogen (secondary N) is 2. The maximum atomic E-state index is 5.76. The summed E-state index contributed by atoms with van der Waals surface area (Å²) in [6, 6.07) is 9.97. The molecule has 6 nitrogen and oxygen atoms in total. The molecule has 1 aromatic carbocycles. The molecule has 3 rings (SSSR count). The van der Waals surface area contributed by atoms with E-state index in [0.717, 1.165) is 64.1 Å². The number of nitrogens with zero attached hydrogens (tertiary/aromatic N) is 2. The van der Waals surface area contributed by atoms with Crippen LogP contribution in [0.2, 0.25) is 0 Å². The van der Waals surface area contributed by atoms with Crippen molar-refractivity contribution in [3.63, 3.8) is 0 Å². The molecule has 8 heteroatoms. The van der Waals surface area contributed by atoms with Crippen molar-refractivity contribution in [1.29, 1.82) is 0 Å². The van der Waals surface area contributed by atoms with Crippen molar-refractivity contribution in [2.45, 2.75) is 25.3 Å². The van der Waals surface area contributed by atoms with Gasteiger partial charge in [0.05, 0.1) is 31.9 Å². The van der Waals surface area contributed by atoms with Crippen molar-refractivity contribution in [3.05, 3.63) is 30.3 Å². The number of morpholine rings is 1. The van der Waals surface area contributed by atoms with Gasteiger partial charge in [-0.15, -0.1) is 24.0 Å². The van der Waals surface area contributed by atoms with Crippen LogP contribution >= 0.6 is 35.7 Å². The molecule has 0 amide bonds. The highest BCUT2D eigenvalue weighted by Gasteiger charge is 2.40. The van der Waals surface area contributed by atoms with Gasteiger partial charge in [-0.1, -0.05) is 18.2 Å². The predicted molar refractivity (Wildman–Crippen MR) is 133 cm³/mol. The number of rotatable bonds is 9. The summed E-state index contributed by atoms with van der Waals surface area (Å²) in [6.45, 7) is 9.10. The van der Waals surface area contributed by atoms with Crippen molar-refractivity contribution in [2.24, 2.45) is 4.99 Å². The monoisotopic (exact) mass is 534 g/mol. The first-order valence-electron chi connectivity index (χ1n) is 10.4.